The summed E-state index contributed by atoms with van der Waals surface area (Å²) in [5.41, 5.74) is 0.275. The Morgan fingerprint density at radius 1 is 1.19 bits per heavy atom. The molecule has 5 nitrogen and oxygen atoms in total. The van der Waals surface area contributed by atoms with E-state index in [-0.39, 0.29) is 5.56 Å². The average molecular weight is 294 g/mol. The summed E-state index contributed by atoms with van der Waals surface area (Å²) < 4.78 is 5.54. The fourth-order valence-corrected chi connectivity index (χ4v) is 2.03. The Bertz CT molecular complexity index is 402. The fourth-order valence-electron chi connectivity index (χ4n) is 2.03. The van der Waals surface area contributed by atoms with Gasteiger partial charge in [0, 0.05) is 6.54 Å². The van der Waals surface area contributed by atoms with E-state index in [2.05, 4.69) is 24.1 Å². The van der Waals surface area contributed by atoms with Gasteiger partial charge in [-0.15, -0.1) is 0 Å². The lowest BCUT2D eigenvalue weighted by atomic mass is 10.2. The van der Waals surface area contributed by atoms with Crippen LogP contribution in [0, 0.1) is 0 Å². The molecule has 0 aromatic heterocycles. The van der Waals surface area contributed by atoms with E-state index < -0.39 is 5.97 Å². The van der Waals surface area contributed by atoms with Crippen LogP contribution in [0.4, 0.5) is 0 Å². The van der Waals surface area contributed by atoms with E-state index >= 15 is 0 Å². The molecule has 0 amide bonds. The highest BCUT2D eigenvalue weighted by molar-refractivity contribution is 5.87. The molecule has 21 heavy (non-hydrogen) atoms. The SMILES string of the molecule is CCN(CC)CCCNCCOc1ccc(C(=O)O)cc1. The van der Waals surface area contributed by atoms with Crippen LogP contribution in [0.5, 0.6) is 5.75 Å². The number of ether oxygens (including phenoxy) is 1. The van der Waals surface area contributed by atoms with Gasteiger partial charge in [-0.2, -0.15) is 0 Å². The van der Waals surface area contributed by atoms with Gasteiger partial charge in [-0.3, -0.25) is 0 Å². The molecule has 0 aliphatic heterocycles. The van der Waals surface area contributed by atoms with Crippen LogP contribution in [0.2, 0.25) is 0 Å². The minimum atomic E-state index is -0.920. The van der Waals surface area contributed by atoms with E-state index in [0.29, 0.717) is 12.4 Å². The van der Waals surface area contributed by atoms with Crippen molar-refractivity contribution >= 4 is 5.97 Å². The summed E-state index contributed by atoms with van der Waals surface area (Å²) in [6.45, 7) is 10.0. The molecule has 0 spiro atoms. The highest BCUT2D eigenvalue weighted by Gasteiger charge is 2.02. The van der Waals surface area contributed by atoms with Crippen LogP contribution in [-0.4, -0.2) is 55.3 Å². The second-order valence-electron chi connectivity index (χ2n) is 4.81. The van der Waals surface area contributed by atoms with Crippen LogP contribution >= 0.6 is 0 Å². The summed E-state index contributed by atoms with van der Waals surface area (Å²) in [5.74, 6) is -0.221. The molecule has 0 radical (unpaired) electrons. The van der Waals surface area contributed by atoms with Crippen molar-refractivity contribution in [2.75, 3.05) is 39.3 Å². The van der Waals surface area contributed by atoms with Crippen molar-refractivity contribution in [2.24, 2.45) is 0 Å². The third-order valence-electron chi connectivity index (χ3n) is 3.37. The minimum absolute atomic E-state index is 0.275. The van der Waals surface area contributed by atoms with Gasteiger partial charge in [0.05, 0.1) is 5.56 Å². The fraction of sp³-hybridized carbons (Fsp3) is 0.562. The number of benzene rings is 1. The number of hydrogen-bond donors (Lipinski definition) is 2. The molecule has 0 fully saturated rings. The molecule has 2 N–H and O–H groups in total. The number of nitrogens with one attached hydrogen (secondary N) is 1. The molecule has 0 saturated heterocycles. The third kappa shape index (κ3) is 7.11. The predicted molar refractivity (Wildman–Crippen MR) is 84.2 cm³/mol. The lowest BCUT2D eigenvalue weighted by molar-refractivity contribution is 0.0697. The van der Waals surface area contributed by atoms with Crippen LogP contribution in [0.15, 0.2) is 24.3 Å². The van der Waals surface area contributed by atoms with Crippen LogP contribution in [0.1, 0.15) is 30.6 Å². The zero-order chi connectivity index (χ0) is 15.5. The normalized spacial score (nSPS) is 10.8. The first kappa shape index (κ1) is 17.5. The Morgan fingerprint density at radius 2 is 1.86 bits per heavy atom. The van der Waals surface area contributed by atoms with Crippen molar-refractivity contribution < 1.29 is 14.6 Å². The van der Waals surface area contributed by atoms with E-state index in [0.717, 1.165) is 39.1 Å². The number of carboxylic acid groups (broad SMARTS) is 1. The number of nitrogens with zero attached hydrogens (tertiary/aromatic N) is 1. The predicted octanol–water partition coefficient (Wildman–Crippen LogP) is 2.09. The van der Waals surface area contributed by atoms with Gasteiger partial charge in [-0.05, 0) is 56.9 Å². The van der Waals surface area contributed by atoms with Crippen molar-refractivity contribution in [3.8, 4) is 5.75 Å². The molecule has 1 aromatic carbocycles. The van der Waals surface area contributed by atoms with E-state index in [1.165, 1.54) is 0 Å². The van der Waals surface area contributed by atoms with E-state index in [4.69, 9.17) is 9.84 Å². The molecule has 1 aromatic rings. The van der Waals surface area contributed by atoms with Gasteiger partial charge < -0.3 is 20.1 Å². The monoisotopic (exact) mass is 294 g/mol. The number of hydrogen-bond acceptors (Lipinski definition) is 4. The molecule has 0 aliphatic rings. The van der Waals surface area contributed by atoms with Crippen molar-refractivity contribution in [1.82, 2.24) is 10.2 Å². The summed E-state index contributed by atoms with van der Waals surface area (Å²) in [5, 5.41) is 12.1. The Balaban J connectivity index is 2.07. The second-order valence-corrected chi connectivity index (χ2v) is 4.81. The molecular formula is C16H26N2O3. The lowest BCUT2D eigenvalue weighted by Crippen LogP contribution is -2.28. The Morgan fingerprint density at radius 3 is 2.43 bits per heavy atom. The topological polar surface area (TPSA) is 61.8 Å². The first-order valence-corrected chi connectivity index (χ1v) is 7.56. The van der Waals surface area contributed by atoms with Crippen LogP contribution in [-0.2, 0) is 0 Å². The van der Waals surface area contributed by atoms with Crippen LogP contribution in [0.3, 0.4) is 0 Å². The van der Waals surface area contributed by atoms with Crippen molar-refractivity contribution in [1.29, 1.82) is 0 Å². The summed E-state index contributed by atoms with van der Waals surface area (Å²) in [6.07, 6.45) is 1.13. The largest absolute Gasteiger partial charge is 0.492 e. The molecule has 118 valence electrons. The number of carboxylic acids is 1. The highest BCUT2D eigenvalue weighted by Crippen LogP contribution is 2.11. The van der Waals surface area contributed by atoms with Crippen molar-refractivity contribution in [3.63, 3.8) is 0 Å². The van der Waals surface area contributed by atoms with Crippen LogP contribution in [0.25, 0.3) is 0 Å². The highest BCUT2D eigenvalue weighted by atomic mass is 16.5. The van der Waals surface area contributed by atoms with Crippen molar-refractivity contribution in [2.45, 2.75) is 20.3 Å². The molecule has 0 unspecified atom stereocenters. The number of rotatable bonds is 11. The van der Waals surface area contributed by atoms with Gasteiger partial charge in [-0.25, -0.2) is 4.79 Å². The summed E-state index contributed by atoms with van der Waals surface area (Å²) in [4.78, 5) is 13.1. The third-order valence-corrected chi connectivity index (χ3v) is 3.37. The standard InChI is InChI=1S/C16H26N2O3/c1-3-18(4-2)12-5-10-17-11-13-21-15-8-6-14(7-9-15)16(19)20/h6-9,17H,3-5,10-13H2,1-2H3,(H,19,20). The first-order valence-electron chi connectivity index (χ1n) is 7.56. The van der Waals surface area contributed by atoms with Gasteiger partial charge in [0.2, 0.25) is 0 Å². The van der Waals surface area contributed by atoms with Gasteiger partial charge in [-0.1, -0.05) is 13.8 Å². The number of carbonyl (C=O) groups is 1. The minimum Gasteiger partial charge on any atom is -0.492 e. The average Bonchev–Trinajstić information content (AvgIpc) is 2.50. The lowest BCUT2D eigenvalue weighted by Gasteiger charge is -2.17. The van der Waals surface area contributed by atoms with Gasteiger partial charge in [0.15, 0.2) is 0 Å². The van der Waals surface area contributed by atoms with E-state index in [1.54, 1.807) is 24.3 Å². The van der Waals surface area contributed by atoms with Gasteiger partial charge in [0.1, 0.15) is 12.4 Å². The molecule has 1 rings (SSSR count). The summed E-state index contributed by atoms with van der Waals surface area (Å²) >= 11 is 0. The summed E-state index contributed by atoms with van der Waals surface area (Å²) in [7, 11) is 0. The smallest absolute Gasteiger partial charge is 0.335 e. The zero-order valence-electron chi connectivity index (χ0n) is 13.0. The van der Waals surface area contributed by atoms with Crippen molar-refractivity contribution in [3.05, 3.63) is 29.8 Å². The Hall–Kier alpha value is -1.59. The van der Waals surface area contributed by atoms with Gasteiger partial charge >= 0.3 is 5.97 Å². The molecule has 0 bridgehead atoms. The number of aromatic carboxylic acids is 1. The molecule has 0 heterocycles. The maximum atomic E-state index is 10.7. The molecule has 0 atom stereocenters. The Labute approximate surface area is 126 Å². The van der Waals surface area contributed by atoms with E-state index in [9.17, 15) is 4.79 Å². The quantitative estimate of drug-likeness (QED) is 0.612. The molecule has 0 aliphatic carbocycles. The first-order chi connectivity index (χ1) is 10.2. The maximum Gasteiger partial charge on any atom is 0.335 e. The zero-order valence-corrected chi connectivity index (χ0v) is 13.0. The molecule has 0 saturated carbocycles. The van der Waals surface area contributed by atoms with Crippen LogP contribution < -0.4 is 10.1 Å². The second kappa shape index (κ2) is 10.2. The molecule has 5 heteroatoms. The Kier molecular flexibility index (Phi) is 8.47. The summed E-state index contributed by atoms with van der Waals surface area (Å²) in [6, 6.07) is 6.47. The molecular weight excluding hydrogens is 268 g/mol. The van der Waals surface area contributed by atoms with E-state index in [1.807, 2.05) is 0 Å². The maximum absolute atomic E-state index is 10.7. The van der Waals surface area contributed by atoms with Gasteiger partial charge in [0.25, 0.3) is 0 Å².